The van der Waals surface area contributed by atoms with Crippen LogP contribution in [0.1, 0.15) is 71.1 Å². The van der Waals surface area contributed by atoms with Gasteiger partial charge in [-0.15, -0.1) is 0 Å². The Kier molecular flexibility index (Phi) is 10.7. The summed E-state index contributed by atoms with van der Waals surface area (Å²) in [5.74, 6) is 1.52. The minimum absolute atomic E-state index is 0.159. The standard InChI is InChI=1S/C41H48N8O7/c1-22(2)32(48-40(54)55-5)35(50)41(18-8-19-42-41)38-44-27-17-14-25(21-29(27)45-38)24-12-15-26(16-13-24)56-31-11-6-9-28-34(31)46-36(43-28)30-10-7-20-49(30)37(51)33(23(3)4)47-39(52)53/h6,9,11-17,21-23,30,32-33,42,47H,7-8,10,18-20H2,1-5H3,(H,43,46)(H,44,45)(H,48,54)(H,52,53)/t30-,32-,33-,41+/m0/s1. The number of carbonyl (C=O) groups excluding carboxylic acids is 3. The monoisotopic (exact) mass is 764 g/mol. The molecule has 0 saturated carbocycles. The average molecular weight is 765 g/mol. The Morgan fingerprint density at radius 1 is 0.893 bits per heavy atom. The van der Waals surface area contributed by atoms with Gasteiger partial charge < -0.3 is 40.1 Å². The molecule has 2 fully saturated rings. The summed E-state index contributed by atoms with van der Waals surface area (Å²) in [7, 11) is 1.28. The third-order valence-electron chi connectivity index (χ3n) is 10.8. The van der Waals surface area contributed by atoms with Gasteiger partial charge in [0, 0.05) is 6.54 Å². The summed E-state index contributed by atoms with van der Waals surface area (Å²) in [6.45, 7) is 8.58. The third-order valence-corrected chi connectivity index (χ3v) is 10.8. The molecule has 0 radical (unpaired) electrons. The number of ketones is 1. The van der Waals surface area contributed by atoms with Crippen LogP contribution in [-0.2, 0) is 19.9 Å². The van der Waals surface area contributed by atoms with Crippen molar-refractivity contribution in [3.05, 3.63) is 72.3 Å². The number of alkyl carbamates (subject to hydrolysis) is 1. The Balaban J connectivity index is 1.09. The van der Waals surface area contributed by atoms with Gasteiger partial charge in [0.2, 0.25) is 5.91 Å². The number of aromatic amines is 2. The first-order chi connectivity index (χ1) is 26.9. The Bertz CT molecular complexity index is 2260. The van der Waals surface area contributed by atoms with E-state index in [9.17, 15) is 24.3 Å². The Morgan fingerprint density at radius 2 is 1.64 bits per heavy atom. The predicted octanol–water partition coefficient (Wildman–Crippen LogP) is 6.38. The van der Waals surface area contributed by atoms with Crippen molar-refractivity contribution in [1.82, 2.24) is 40.8 Å². The van der Waals surface area contributed by atoms with Crippen molar-refractivity contribution in [3.8, 4) is 22.6 Å². The van der Waals surface area contributed by atoms with E-state index in [0.717, 1.165) is 40.5 Å². The predicted molar refractivity (Wildman–Crippen MR) is 209 cm³/mol. The lowest BCUT2D eigenvalue weighted by Crippen LogP contribution is -2.57. The molecule has 15 nitrogen and oxygen atoms in total. The zero-order chi connectivity index (χ0) is 39.7. The fourth-order valence-corrected chi connectivity index (χ4v) is 7.90. The molecule has 0 unspecified atom stereocenters. The number of Topliss-reactive ketones (excluding diaryl/α,β-unsaturated/α-hetero) is 1. The summed E-state index contributed by atoms with van der Waals surface area (Å²) in [4.78, 5) is 69.4. The first kappa shape index (κ1) is 38.3. The lowest BCUT2D eigenvalue weighted by atomic mass is 9.83. The second kappa shape index (κ2) is 15.6. The number of hydrogen-bond acceptors (Lipinski definition) is 9. The average Bonchev–Trinajstić information content (AvgIpc) is 4.01. The number of ether oxygens (including phenoxy) is 2. The second-order valence-corrected chi connectivity index (χ2v) is 15.2. The smallest absolute Gasteiger partial charge is 0.407 e. The quantitative estimate of drug-likeness (QED) is 0.0827. The van der Waals surface area contributed by atoms with E-state index in [0.29, 0.717) is 54.6 Å². The normalized spacial score (nSPS) is 19.4. The van der Waals surface area contributed by atoms with E-state index in [1.165, 1.54) is 7.11 Å². The molecule has 56 heavy (non-hydrogen) atoms. The number of imidazole rings is 2. The van der Waals surface area contributed by atoms with Crippen LogP contribution in [0, 0.1) is 11.8 Å². The van der Waals surface area contributed by atoms with Gasteiger partial charge in [-0.05, 0) is 91.6 Å². The van der Waals surface area contributed by atoms with E-state index in [1.807, 2.05) is 88.4 Å². The number of benzene rings is 3. The molecule has 2 aliphatic heterocycles. The molecular formula is C41H48N8O7. The number of carboxylic acid groups (broad SMARTS) is 1. The number of carbonyl (C=O) groups is 4. The van der Waals surface area contributed by atoms with Gasteiger partial charge in [-0.2, -0.15) is 0 Å². The number of aromatic nitrogens is 4. The van der Waals surface area contributed by atoms with Gasteiger partial charge in [-0.3, -0.25) is 14.9 Å². The van der Waals surface area contributed by atoms with Crippen LogP contribution >= 0.6 is 0 Å². The SMILES string of the molecule is COC(=O)N[C@H](C(=O)[C@@]1(c2nc3ccc(-c4ccc(Oc5cccc6[nH]c([C@@H]7CCCN7C(=O)[C@@H](NC(=O)O)C(C)C)nc56)cc4)cc3[nH]2)CCCN1)C(C)C. The molecule has 0 aliphatic carbocycles. The van der Waals surface area contributed by atoms with E-state index in [4.69, 9.17) is 19.4 Å². The van der Waals surface area contributed by atoms with Crippen molar-refractivity contribution in [2.45, 2.75) is 77.0 Å². The highest BCUT2D eigenvalue weighted by Gasteiger charge is 2.49. The van der Waals surface area contributed by atoms with E-state index >= 15 is 0 Å². The highest BCUT2D eigenvalue weighted by atomic mass is 16.5. The molecule has 6 N–H and O–H groups in total. The summed E-state index contributed by atoms with van der Waals surface area (Å²) >= 11 is 0. The van der Waals surface area contributed by atoms with Crippen molar-refractivity contribution >= 4 is 45.9 Å². The first-order valence-corrected chi connectivity index (χ1v) is 19.1. The highest BCUT2D eigenvalue weighted by Crippen LogP contribution is 2.37. The third kappa shape index (κ3) is 7.38. The van der Waals surface area contributed by atoms with Crippen molar-refractivity contribution < 1.29 is 33.8 Å². The number of hydrogen-bond donors (Lipinski definition) is 6. The van der Waals surface area contributed by atoms with Gasteiger partial charge in [-0.25, -0.2) is 19.6 Å². The first-order valence-electron chi connectivity index (χ1n) is 19.1. The number of para-hydroxylation sites is 1. The summed E-state index contributed by atoms with van der Waals surface area (Å²) in [5, 5.41) is 17.8. The van der Waals surface area contributed by atoms with Crippen LogP contribution in [0.5, 0.6) is 11.5 Å². The van der Waals surface area contributed by atoms with Gasteiger partial charge in [-0.1, -0.05) is 52.0 Å². The molecule has 3 amide bonds. The largest absolute Gasteiger partial charge is 0.465 e. The van der Waals surface area contributed by atoms with Crippen molar-refractivity contribution in [2.24, 2.45) is 11.8 Å². The number of methoxy groups -OCH3 is 1. The summed E-state index contributed by atoms with van der Waals surface area (Å²) < 4.78 is 11.2. The number of likely N-dealkylation sites (tertiary alicyclic amines) is 1. The summed E-state index contributed by atoms with van der Waals surface area (Å²) in [6.07, 6.45) is 0.931. The molecule has 3 aromatic carbocycles. The molecular weight excluding hydrogens is 716 g/mol. The molecule has 0 spiro atoms. The minimum Gasteiger partial charge on any atom is -0.465 e. The molecule has 2 aromatic heterocycles. The minimum atomic E-state index is -1.23. The zero-order valence-corrected chi connectivity index (χ0v) is 32.1. The topological polar surface area (TPSA) is 204 Å². The molecule has 2 aliphatic rings. The fourth-order valence-electron chi connectivity index (χ4n) is 7.90. The molecule has 4 heterocycles. The number of nitrogens with zero attached hydrogens (tertiary/aromatic N) is 3. The van der Waals surface area contributed by atoms with Crippen LogP contribution in [0.25, 0.3) is 33.2 Å². The fraction of sp³-hybridized carbons (Fsp3) is 0.415. The Hall–Kier alpha value is -5.96. The van der Waals surface area contributed by atoms with Crippen LogP contribution in [-0.4, -0.2) is 86.1 Å². The van der Waals surface area contributed by atoms with Crippen molar-refractivity contribution in [3.63, 3.8) is 0 Å². The van der Waals surface area contributed by atoms with Crippen LogP contribution in [0.15, 0.2) is 60.7 Å². The number of rotatable bonds is 12. The van der Waals surface area contributed by atoms with E-state index in [1.54, 1.807) is 4.90 Å². The van der Waals surface area contributed by atoms with Crippen LogP contribution in [0.2, 0.25) is 0 Å². The molecule has 15 heteroatoms. The lowest BCUT2D eigenvalue weighted by Gasteiger charge is -2.32. The lowest BCUT2D eigenvalue weighted by molar-refractivity contribution is -0.135. The van der Waals surface area contributed by atoms with E-state index in [-0.39, 0.29) is 29.6 Å². The van der Waals surface area contributed by atoms with Crippen molar-refractivity contribution in [1.29, 1.82) is 0 Å². The van der Waals surface area contributed by atoms with Gasteiger partial charge in [0.05, 0.1) is 35.7 Å². The maximum absolute atomic E-state index is 14.1. The van der Waals surface area contributed by atoms with Crippen LogP contribution < -0.4 is 20.7 Å². The van der Waals surface area contributed by atoms with Crippen LogP contribution in [0.3, 0.4) is 0 Å². The van der Waals surface area contributed by atoms with Crippen molar-refractivity contribution in [2.75, 3.05) is 20.2 Å². The van der Waals surface area contributed by atoms with E-state index < -0.39 is 29.8 Å². The molecule has 7 rings (SSSR count). The van der Waals surface area contributed by atoms with Gasteiger partial charge in [0.25, 0.3) is 0 Å². The summed E-state index contributed by atoms with van der Waals surface area (Å²) in [6, 6.07) is 17.3. The highest BCUT2D eigenvalue weighted by molar-refractivity contribution is 5.96. The van der Waals surface area contributed by atoms with Crippen LogP contribution in [0.4, 0.5) is 9.59 Å². The molecule has 294 valence electrons. The molecule has 0 bridgehead atoms. The molecule has 5 aromatic rings. The summed E-state index contributed by atoms with van der Waals surface area (Å²) in [5.41, 5.74) is 3.72. The number of H-pyrrole nitrogens is 2. The maximum atomic E-state index is 14.1. The van der Waals surface area contributed by atoms with Gasteiger partial charge >= 0.3 is 12.2 Å². The number of amides is 3. The zero-order valence-electron chi connectivity index (χ0n) is 32.1. The maximum Gasteiger partial charge on any atom is 0.407 e. The number of fused-ring (bicyclic) bond motifs is 2. The van der Waals surface area contributed by atoms with Gasteiger partial charge in [0.15, 0.2) is 11.5 Å². The molecule has 4 atom stereocenters. The second-order valence-electron chi connectivity index (χ2n) is 15.2. The van der Waals surface area contributed by atoms with Gasteiger partial charge in [0.1, 0.15) is 34.5 Å². The Morgan fingerprint density at radius 3 is 2.32 bits per heavy atom. The Labute approximate surface area is 323 Å². The van der Waals surface area contributed by atoms with E-state index in [2.05, 4.69) is 25.9 Å². The number of nitrogens with one attached hydrogen (secondary N) is 5. The molecule has 2 saturated heterocycles.